The summed E-state index contributed by atoms with van der Waals surface area (Å²) in [7, 11) is 0. The number of hydrogen-bond acceptors (Lipinski definition) is 5. The fraction of sp³-hybridized carbons (Fsp3) is 0.120. The molecular weight excluding hydrogens is 489 g/mol. The number of amides is 2. The molecule has 8 nitrogen and oxygen atoms in total. The van der Waals surface area contributed by atoms with E-state index in [1.54, 1.807) is 43.5 Å². The number of anilines is 1. The van der Waals surface area contributed by atoms with Gasteiger partial charge < -0.3 is 15.7 Å². The van der Waals surface area contributed by atoms with Crippen LogP contribution in [0.1, 0.15) is 27.8 Å². The fourth-order valence-corrected chi connectivity index (χ4v) is 3.88. The average molecular weight is 510 g/mol. The van der Waals surface area contributed by atoms with Crippen molar-refractivity contribution in [2.75, 3.05) is 11.9 Å². The van der Waals surface area contributed by atoms with Crippen molar-refractivity contribution in [3.8, 4) is 16.9 Å². The van der Waals surface area contributed by atoms with Crippen molar-refractivity contribution in [3.63, 3.8) is 0 Å². The third-order valence-corrected chi connectivity index (χ3v) is 5.70. The van der Waals surface area contributed by atoms with Crippen molar-refractivity contribution >= 4 is 40.8 Å². The molecule has 0 saturated carbocycles. The number of nitrogens with one attached hydrogen (secondary N) is 2. The summed E-state index contributed by atoms with van der Waals surface area (Å²) in [4.78, 5) is 30.2. The molecule has 3 N–H and O–H groups in total. The molecule has 1 atom stereocenters. The van der Waals surface area contributed by atoms with Crippen LogP contribution in [-0.2, 0) is 0 Å². The molecule has 4 aromatic rings. The van der Waals surface area contributed by atoms with Gasteiger partial charge in [0, 0.05) is 23.9 Å². The number of aliphatic hydroxyl groups excluding tert-OH is 1. The van der Waals surface area contributed by atoms with Crippen LogP contribution in [0.2, 0.25) is 10.0 Å². The van der Waals surface area contributed by atoms with Crippen molar-refractivity contribution in [1.82, 2.24) is 20.1 Å². The van der Waals surface area contributed by atoms with Crippen LogP contribution in [0.4, 0.5) is 5.82 Å². The van der Waals surface area contributed by atoms with E-state index < -0.39 is 17.9 Å². The van der Waals surface area contributed by atoms with Crippen LogP contribution in [0, 0.1) is 0 Å². The number of para-hydroxylation sites is 1. The molecule has 4 rings (SSSR count). The molecule has 2 amide bonds. The fourth-order valence-electron chi connectivity index (χ4n) is 3.32. The van der Waals surface area contributed by atoms with Crippen molar-refractivity contribution in [1.29, 1.82) is 0 Å². The Morgan fingerprint density at radius 2 is 1.74 bits per heavy atom. The minimum absolute atomic E-state index is 0.0702. The maximum atomic E-state index is 13.3. The topological polar surface area (TPSA) is 109 Å². The van der Waals surface area contributed by atoms with E-state index in [1.165, 1.54) is 16.8 Å². The number of carbonyl (C=O) groups is 2. The van der Waals surface area contributed by atoms with Gasteiger partial charge in [-0.3, -0.25) is 14.6 Å². The minimum atomic E-state index is -0.517. The van der Waals surface area contributed by atoms with E-state index in [-0.39, 0.29) is 28.7 Å². The zero-order valence-electron chi connectivity index (χ0n) is 18.6. The van der Waals surface area contributed by atoms with Gasteiger partial charge in [-0.1, -0.05) is 47.5 Å². The van der Waals surface area contributed by atoms with Crippen LogP contribution >= 0.6 is 23.2 Å². The first-order chi connectivity index (χ1) is 16.9. The van der Waals surface area contributed by atoms with Gasteiger partial charge in [0.2, 0.25) is 0 Å². The van der Waals surface area contributed by atoms with E-state index in [9.17, 15) is 14.7 Å². The molecule has 0 aliphatic heterocycles. The summed E-state index contributed by atoms with van der Waals surface area (Å²) in [5, 5.41) is 19.6. The van der Waals surface area contributed by atoms with E-state index in [0.717, 1.165) is 0 Å². The minimum Gasteiger partial charge on any atom is -0.394 e. The maximum Gasteiger partial charge on any atom is 0.272 e. The van der Waals surface area contributed by atoms with Gasteiger partial charge in [0.1, 0.15) is 5.82 Å². The lowest BCUT2D eigenvalue weighted by atomic mass is 10.1. The van der Waals surface area contributed by atoms with Gasteiger partial charge in [0.15, 0.2) is 5.69 Å². The summed E-state index contributed by atoms with van der Waals surface area (Å²) in [5.41, 5.74) is 2.03. The first-order valence-corrected chi connectivity index (χ1v) is 11.4. The Hall–Kier alpha value is -3.72. The molecule has 0 aliphatic carbocycles. The number of rotatable bonds is 7. The van der Waals surface area contributed by atoms with Gasteiger partial charge in [-0.15, -0.1) is 0 Å². The second kappa shape index (κ2) is 10.7. The highest BCUT2D eigenvalue weighted by Gasteiger charge is 2.21. The summed E-state index contributed by atoms with van der Waals surface area (Å²) in [6.45, 7) is 1.44. The van der Waals surface area contributed by atoms with E-state index in [2.05, 4.69) is 20.7 Å². The zero-order chi connectivity index (χ0) is 24.9. The maximum absolute atomic E-state index is 13.3. The predicted molar refractivity (Wildman–Crippen MR) is 135 cm³/mol. The number of aromatic nitrogens is 3. The number of pyridine rings is 1. The summed E-state index contributed by atoms with van der Waals surface area (Å²) in [6.07, 6.45) is 1.63. The molecule has 10 heteroatoms. The van der Waals surface area contributed by atoms with Gasteiger partial charge in [0.25, 0.3) is 11.8 Å². The monoisotopic (exact) mass is 509 g/mol. The summed E-state index contributed by atoms with van der Waals surface area (Å²) >= 11 is 12.7. The molecular formula is C25H21Cl2N5O3. The van der Waals surface area contributed by atoms with Crippen LogP contribution in [0.25, 0.3) is 16.9 Å². The molecule has 0 radical (unpaired) electrons. The second-order valence-corrected chi connectivity index (χ2v) is 8.51. The van der Waals surface area contributed by atoms with Crippen LogP contribution in [-0.4, -0.2) is 44.3 Å². The number of benzene rings is 2. The molecule has 0 saturated heterocycles. The van der Waals surface area contributed by atoms with E-state index in [4.69, 9.17) is 23.2 Å². The molecule has 0 fully saturated rings. The highest BCUT2D eigenvalue weighted by molar-refractivity contribution is 6.38. The Balaban J connectivity index is 1.70. The molecule has 0 spiro atoms. The van der Waals surface area contributed by atoms with Crippen LogP contribution < -0.4 is 10.6 Å². The van der Waals surface area contributed by atoms with Gasteiger partial charge in [-0.2, -0.15) is 5.10 Å². The van der Waals surface area contributed by atoms with Gasteiger partial charge in [-0.25, -0.2) is 4.68 Å². The zero-order valence-corrected chi connectivity index (χ0v) is 20.1. The lowest BCUT2D eigenvalue weighted by Gasteiger charge is -2.12. The molecule has 0 bridgehead atoms. The van der Waals surface area contributed by atoms with Crippen LogP contribution in [0.3, 0.4) is 0 Å². The van der Waals surface area contributed by atoms with Crippen LogP contribution in [0.5, 0.6) is 0 Å². The van der Waals surface area contributed by atoms with Gasteiger partial charge in [0.05, 0.1) is 33.6 Å². The summed E-state index contributed by atoms with van der Waals surface area (Å²) < 4.78 is 1.44. The van der Waals surface area contributed by atoms with Crippen molar-refractivity contribution in [2.45, 2.75) is 13.0 Å². The van der Waals surface area contributed by atoms with E-state index in [0.29, 0.717) is 22.0 Å². The standard InChI is InChI=1S/C25H21Cl2N5O3/c1-15(14-33)29-25(35)22-13-23(32(31-22)16-7-3-2-4-8-16)30-24(34)18-11-17(19(26)12-20(18)27)21-9-5-6-10-28-21/h2-13,15,33H,14H2,1H3,(H,29,35)(H,30,34). The number of nitrogens with zero attached hydrogens (tertiary/aromatic N) is 3. The first-order valence-electron chi connectivity index (χ1n) is 10.7. The predicted octanol–water partition coefficient (Wildman–Crippen LogP) is 4.60. The van der Waals surface area contributed by atoms with Crippen LogP contribution in [0.15, 0.2) is 72.9 Å². The molecule has 0 aliphatic rings. The van der Waals surface area contributed by atoms with Crippen molar-refractivity contribution in [2.24, 2.45) is 0 Å². The highest BCUT2D eigenvalue weighted by atomic mass is 35.5. The van der Waals surface area contributed by atoms with E-state index in [1.807, 2.05) is 24.3 Å². The second-order valence-electron chi connectivity index (χ2n) is 7.70. The Bertz CT molecular complexity index is 1360. The van der Waals surface area contributed by atoms with Crippen molar-refractivity contribution < 1.29 is 14.7 Å². The number of halogens is 2. The SMILES string of the molecule is CC(CO)NC(=O)c1cc(NC(=O)c2cc(-c3ccccn3)c(Cl)cc2Cl)n(-c2ccccc2)n1. The average Bonchev–Trinajstić information content (AvgIpc) is 3.29. The van der Waals surface area contributed by atoms with Gasteiger partial charge in [-0.05, 0) is 43.3 Å². The third kappa shape index (κ3) is 5.51. The largest absolute Gasteiger partial charge is 0.394 e. The number of hydrogen-bond donors (Lipinski definition) is 3. The first kappa shape index (κ1) is 24.4. The Morgan fingerprint density at radius 3 is 2.43 bits per heavy atom. The molecule has 35 heavy (non-hydrogen) atoms. The Labute approximate surface area is 211 Å². The smallest absolute Gasteiger partial charge is 0.272 e. The lowest BCUT2D eigenvalue weighted by molar-refractivity contribution is 0.0916. The van der Waals surface area contributed by atoms with Gasteiger partial charge >= 0.3 is 0 Å². The molecule has 178 valence electrons. The highest BCUT2D eigenvalue weighted by Crippen LogP contribution is 2.32. The Kier molecular flexibility index (Phi) is 7.45. The quantitative estimate of drug-likeness (QED) is 0.337. The molecule has 2 aromatic heterocycles. The molecule has 2 aromatic carbocycles. The Morgan fingerprint density at radius 1 is 1.00 bits per heavy atom. The normalized spacial score (nSPS) is 11.7. The number of aliphatic hydroxyl groups is 1. The van der Waals surface area contributed by atoms with Crippen molar-refractivity contribution in [3.05, 3.63) is 94.2 Å². The lowest BCUT2D eigenvalue weighted by Crippen LogP contribution is -2.35. The third-order valence-electron chi connectivity index (χ3n) is 5.08. The van der Waals surface area contributed by atoms with E-state index >= 15 is 0 Å². The molecule has 1 unspecified atom stereocenters. The number of carbonyl (C=O) groups excluding carboxylic acids is 2. The summed E-state index contributed by atoms with van der Waals surface area (Å²) in [5.74, 6) is -0.747. The molecule has 2 heterocycles. The summed E-state index contributed by atoms with van der Waals surface area (Å²) in [6, 6.07) is 18.5.